The summed E-state index contributed by atoms with van der Waals surface area (Å²) >= 11 is 1.12. The molecule has 34 heavy (non-hydrogen) atoms. The monoisotopic (exact) mass is 481 g/mol. The summed E-state index contributed by atoms with van der Waals surface area (Å²) in [6.45, 7) is 15.0. The van der Waals surface area contributed by atoms with Crippen LogP contribution in [0.15, 0.2) is 52.7 Å². The van der Waals surface area contributed by atoms with Crippen LogP contribution in [0.5, 0.6) is 0 Å². The molecule has 0 saturated heterocycles. The standard InChI is InChI=1S/C24H27N5O4S/c1-15(2)23(30)32-11-9-29(10-12-33-24(31)16(3)4)19-7-8-21(17(5)13-19)26-27-22-20(14-25)18(6)28-34-22/h7-8,13H,1,3,9-12H2,2,4-6H3/b27-26+. The van der Waals surface area contributed by atoms with E-state index in [4.69, 9.17) is 9.47 Å². The van der Waals surface area contributed by atoms with Gasteiger partial charge in [0.15, 0.2) is 5.00 Å². The molecule has 1 aromatic heterocycles. The first-order valence-corrected chi connectivity index (χ1v) is 11.2. The lowest BCUT2D eigenvalue weighted by atomic mass is 10.1. The maximum absolute atomic E-state index is 11.7. The molecule has 0 radical (unpaired) electrons. The minimum atomic E-state index is -0.462. The fourth-order valence-electron chi connectivity index (χ4n) is 2.72. The van der Waals surface area contributed by atoms with E-state index in [-0.39, 0.29) is 13.2 Å². The number of nitrogens with zero attached hydrogens (tertiary/aromatic N) is 5. The van der Waals surface area contributed by atoms with Crippen molar-refractivity contribution in [2.24, 2.45) is 10.2 Å². The van der Waals surface area contributed by atoms with Crippen molar-refractivity contribution in [2.75, 3.05) is 31.2 Å². The molecule has 178 valence electrons. The third-order valence-corrected chi connectivity index (χ3v) is 5.46. The molecule has 0 aliphatic rings. The SMILES string of the molecule is C=C(C)C(=O)OCCN(CCOC(=O)C(=C)C)c1ccc(/N=N/c2snc(C)c2C#N)c(C)c1. The van der Waals surface area contributed by atoms with Crippen LogP contribution in [0.1, 0.15) is 30.7 Å². The maximum atomic E-state index is 11.7. The number of azo groups is 1. The molecule has 10 heteroatoms. The van der Waals surface area contributed by atoms with E-state index in [0.29, 0.717) is 46.2 Å². The first kappa shape index (κ1) is 26.4. The molecule has 0 aliphatic heterocycles. The minimum Gasteiger partial charge on any atom is -0.460 e. The van der Waals surface area contributed by atoms with Crippen molar-refractivity contribution < 1.29 is 19.1 Å². The average molecular weight is 482 g/mol. The van der Waals surface area contributed by atoms with E-state index in [1.54, 1.807) is 26.8 Å². The minimum absolute atomic E-state index is 0.141. The van der Waals surface area contributed by atoms with Crippen LogP contribution in [-0.4, -0.2) is 42.6 Å². The molecule has 0 bridgehead atoms. The Morgan fingerprint density at radius 3 is 2.18 bits per heavy atom. The third kappa shape index (κ3) is 7.35. The highest BCUT2D eigenvalue weighted by Crippen LogP contribution is 2.31. The van der Waals surface area contributed by atoms with Crippen LogP contribution in [0.4, 0.5) is 16.4 Å². The molecule has 1 heterocycles. The van der Waals surface area contributed by atoms with Gasteiger partial charge in [-0.05, 0) is 63.0 Å². The van der Waals surface area contributed by atoms with Gasteiger partial charge in [0.2, 0.25) is 0 Å². The fraction of sp³-hybridized carbons (Fsp3) is 0.333. The number of hydrogen-bond acceptors (Lipinski definition) is 10. The summed E-state index contributed by atoms with van der Waals surface area (Å²) in [4.78, 5) is 25.4. The molecule has 0 fully saturated rings. The molecular formula is C24H27N5O4S. The second-order valence-electron chi connectivity index (χ2n) is 7.55. The van der Waals surface area contributed by atoms with Gasteiger partial charge in [-0.25, -0.2) is 9.59 Å². The van der Waals surface area contributed by atoms with Crippen LogP contribution in [0.25, 0.3) is 0 Å². The number of aryl methyl sites for hydroxylation is 2. The number of anilines is 1. The topological polar surface area (TPSA) is 117 Å². The molecular weight excluding hydrogens is 454 g/mol. The van der Waals surface area contributed by atoms with Gasteiger partial charge in [0, 0.05) is 16.8 Å². The summed E-state index contributed by atoms with van der Waals surface area (Å²) in [5.74, 6) is -0.925. The van der Waals surface area contributed by atoms with Crippen LogP contribution < -0.4 is 4.90 Å². The van der Waals surface area contributed by atoms with Crippen molar-refractivity contribution in [2.45, 2.75) is 27.7 Å². The Kier molecular flexibility index (Phi) is 9.64. The molecule has 9 nitrogen and oxygen atoms in total. The van der Waals surface area contributed by atoms with Crippen molar-refractivity contribution >= 4 is 39.8 Å². The molecule has 0 unspecified atom stereocenters. The van der Waals surface area contributed by atoms with Gasteiger partial charge in [0.05, 0.1) is 24.5 Å². The summed E-state index contributed by atoms with van der Waals surface area (Å²) in [7, 11) is 0. The lowest BCUT2D eigenvalue weighted by Gasteiger charge is -2.25. The summed E-state index contributed by atoms with van der Waals surface area (Å²) < 4.78 is 14.6. The lowest BCUT2D eigenvalue weighted by Crippen LogP contribution is -2.32. The number of ether oxygens (including phenoxy) is 2. The maximum Gasteiger partial charge on any atom is 0.333 e. The Labute approximate surface area is 203 Å². The van der Waals surface area contributed by atoms with Crippen molar-refractivity contribution in [1.82, 2.24) is 4.37 Å². The van der Waals surface area contributed by atoms with Gasteiger partial charge in [-0.1, -0.05) is 13.2 Å². The molecule has 0 atom stereocenters. The highest BCUT2D eigenvalue weighted by Gasteiger charge is 2.13. The van der Waals surface area contributed by atoms with Crippen molar-refractivity contribution in [1.29, 1.82) is 5.26 Å². The predicted molar refractivity (Wildman–Crippen MR) is 131 cm³/mol. The number of rotatable bonds is 11. The van der Waals surface area contributed by atoms with E-state index in [9.17, 15) is 14.9 Å². The zero-order chi connectivity index (χ0) is 25.3. The molecule has 2 aromatic rings. The number of nitriles is 1. The van der Waals surface area contributed by atoms with E-state index in [2.05, 4.69) is 33.8 Å². The van der Waals surface area contributed by atoms with Crippen LogP contribution in [0.2, 0.25) is 0 Å². The molecule has 0 amide bonds. The smallest absolute Gasteiger partial charge is 0.333 e. The lowest BCUT2D eigenvalue weighted by molar-refractivity contribution is -0.139. The highest BCUT2D eigenvalue weighted by atomic mass is 32.1. The largest absolute Gasteiger partial charge is 0.460 e. The Bertz CT molecular complexity index is 1130. The quantitative estimate of drug-likeness (QED) is 0.249. The molecule has 0 N–H and O–H groups in total. The van der Waals surface area contributed by atoms with E-state index in [0.717, 1.165) is 22.8 Å². The van der Waals surface area contributed by atoms with Crippen LogP contribution in [0, 0.1) is 25.2 Å². The second-order valence-corrected chi connectivity index (χ2v) is 8.30. The summed E-state index contributed by atoms with van der Waals surface area (Å²) in [5.41, 5.74) is 4.02. The van der Waals surface area contributed by atoms with Crippen LogP contribution in [0.3, 0.4) is 0 Å². The zero-order valence-electron chi connectivity index (χ0n) is 19.8. The van der Waals surface area contributed by atoms with Gasteiger partial charge in [-0.3, -0.25) is 0 Å². The molecule has 0 spiro atoms. The normalized spacial score (nSPS) is 10.6. The Balaban J connectivity index is 2.17. The molecule has 0 saturated carbocycles. The summed E-state index contributed by atoms with van der Waals surface area (Å²) in [6, 6.07) is 7.67. The highest BCUT2D eigenvalue weighted by molar-refractivity contribution is 7.10. The first-order valence-electron chi connectivity index (χ1n) is 10.4. The number of carbonyl (C=O) groups is 2. The average Bonchev–Trinajstić information content (AvgIpc) is 3.15. The molecule has 1 aromatic carbocycles. The third-order valence-electron chi connectivity index (χ3n) is 4.64. The molecule has 2 rings (SSSR count). The Morgan fingerprint density at radius 1 is 1.09 bits per heavy atom. The second kappa shape index (κ2) is 12.4. The van der Waals surface area contributed by atoms with Crippen molar-refractivity contribution in [3.05, 3.63) is 59.3 Å². The summed E-state index contributed by atoms with van der Waals surface area (Å²) in [5, 5.41) is 18.2. The fourth-order valence-corrected chi connectivity index (χ4v) is 3.39. The number of carbonyl (C=O) groups excluding carboxylic acids is 2. The zero-order valence-corrected chi connectivity index (χ0v) is 20.6. The Hall–Kier alpha value is -3.84. The van der Waals surface area contributed by atoms with Gasteiger partial charge in [0.1, 0.15) is 24.8 Å². The van der Waals surface area contributed by atoms with Crippen molar-refractivity contribution in [3.8, 4) is 6.07 Å². The van der Waals surface area contributed by atoms with Gasteiger partial charge in [-0.15, -0.1) is 10.2 Å². The number of benzene rings is 1. The van der Waals surface area contributed by atoms with Gasteiger partial charge >= 0.3 is 11.9 Å². The van der Waals surface area contributed by atoms with Gasteiger partial charge in [-0.2, -0.15) is 9.64 Å². The van der Waals surface area contributed by atoms with E-state index in [1.165, 1.54) is 0 Å². The van der Waals surface area contributed by atoms with Gasteiger partial charge < -0.3 is 14.4 Å². The number of hydrogen-bond donors (Lipinski definition) is 0. The summed E-state index contributed by atoms with van der Waals surface area (Å²) in [6.07, 6.45) is 0. The van der Waals surface area contributed by atoms with E-state index in [1.807, 2.05) is 24.0 Å². The van der Waals surface area contributed by atoms with Crippen molar-refractivity contribution in [3.63, 3.8) is 0 Å². The molecule has 0 aliphatic carbocycles. The van der Waals surface area contributed by atoms with Crippen LogP contribution in [-0.2, 0) is 19.1 Å². The van der Waals surface area contributed by atoms with Crippen LogP contribution >= 0.6 is 11.5 Å². The first-order chi connectivity index (χ1) is 16.1. The number of aromatic nitrogens is 1. The van der Waals surface area contributed by atoms with E-state index >= 15 is 0 Å². The Morgan fingerprint density at radius 2 is 1.68 bits per heavy atom. The van der Waals surface area contributed by atoms with Gasteiger partial charge in [0.25, 0.3) is 0 Å². The predicted octanol–water partition coefficient (Wildman–Crippen LogP) is 5.09. The van der Waals surface area contributed by atoms with E-state index < -0.39 is 11.9 Å². The number of esters is 2.